The first-order chi connectivity index (χ1) is 11.3. The Kier molecular flexibility index (Phi) is 7.81. The third-order valence-electron chi connectivity index (χ3n) is 2.76. The molecule has 0 atom stereocenters. The van der Waals surface area contributed by atoms with Crippen LogP contribution in [0.3, 0.4) is 0 Å². The molecule has 0 bridgehead atoms. The van der Waals surface area contributed by atoms with Crippen LogP contribution in [0.15, 0.2) is 53.8 Å². The number of allylic oxidation sites excluding steroid dienone is 4. The number of hydrogen-bond acceptors (Lipinski definition) is 2. The molecule has 0 aliphatic carbocycles. The van der Waals surface area contributed by atoms with Gasteiger partial charge in [-0.3, -0.25) is 4.79 Å². The summed E-state index contributed by atoms with van der Waals surface area (Å²) in [6.07, 6.45) is 6.33. The van der Waals surface area contributed by atoms with E-state index in [1.165, 1.54) is 24.3 Å². The van der Waals surface area contributed by atoms with E-state index in [9.17, 15) is 10.1 Å². The zero-order valence-corrected chi connectivity index (χ0v) is 15.4. The molecule has 0 unspecified atom stereocenters. The van der Waals surface area contributed by atoms with Crippen molar-refractivity contribution in [2.24, 2.45) is 0 Å². The first kappa shape index (κ1) is 20.1. The number of carbonyl (C=O) groups is 1. The van der Waals surface area contributed by atoms with E-state index in [-0.39, 0.29) is 15.6 Å². The Morgan fingerprint density at radius 3 is 2.46 bits per heavy atom. The lowest BCUT2D eigenvalue weighted by Crippen LogP contribution is -2.23. The van der Waals surface area contributed by atoms with E-state index < -0.39 is 5.91 Å². The molecular formula is C18H15Cl3N2O. The number of halogens is 3. The van der Waals surface area contributed by atoms with Gasteiger partial charge in [0.1, 0.15) is 11.6 Å². The molecule has 1 aromatic rings. The fourth-order valence-electron chi connectivity index (χ4n) is 1.60. The van der Waals surface area contributed by atoms with Crippen molar-refractivity contribution < 1.29 is 4.79 Å². The number of hydrogen-bond donors (Lipinski definition) is 1. The van der Waals surface area contributed by atoms with Gasteiger partial charge in [0.05, 0.1) is 10.0 Å². The molecule has 0 saturated carbocycles. The summed E-state index contributed by atoms with van der Waals surface area (Å²) < 4.78 is 0. The van der Waals surface area contributed by atoms with Crippen LogP contribution in [0.25, 0.3) is 6.08 Å². The Morgan fingerprint density at radius 1 is 1.25 bits per heavy atom. The first-order valence-electron chi connectivity index (χ1n) is 6.83. The SMILES string of the molecule is C=CC(=CC=C(C)C)NC(=O)C(C#N)=Cc1cc(Cl)cc(Cl)c1Cl. The number of nitrogens with zero attached hydrogens (tertiary/aromatic N) is 1. The van der Waals surface area contributed by atoms with E-state index in [0.717, 1.165) is 5.57 Å². The van der Waals surface area contributed by atoms with Gasteiger partial charge in [0.15, 0.2) is 0 Å². The third-order valence-corrected chi connectivity index (χ3v) is 3.79. The van der Waals surface area contributed by atoms with Gasteiger partial charge in [-0.2, -0.15) is 5.26 Å². The summed E-state index contributed by atoms with van der Waals surface area (Å²) in [6, 6.07) is 4.84. The van der Waals surface area contributed by atoms with Crippen molar-refractivity contribution in [3.8, 4) is 6.07 Å². The molecule has 0 aliphatic heterocycles. The zero-order chi connectivity index (χ0) is 18.3. The molecule has 1 amide bonds. The van der Waals surface area contributed by atoms with Crippen molar-refractivity contribution in [2.75, 3.05) is 0 Å². The normalized spacial score (nSPS) is 11.5. The lowest BCUT2D eigenvalue weighted by atomic mass is 10.1. The number of benzene rings is 1. The summed E-state index contributed by atoms with van der Waals surface area (Å²) in [7, 11) is 0. The van der Waals surface area contributed by atoms with Gasteiger partial charge in [-0.05, 0) is 49.8 Å². The van der Waals surface area contributed by atoms with Crippen molar-refractivity contribution in [2.45, 2.75) is 13.8 Å². The second-order valence-corrected chi connectivity index (χ2v) is 6.21. The van der Waals surface area contributed by atoms with E-state index in [1.807, 2.05) is 26.0 Å². The van der Waals surface area contributed by atoms with E-state index in [2.05, 4.69) is 11.9 Å². The monoisotopic (exact) mass is 380 g/mol. The predicted molar refractivity (Wildman–Crippen MR) is 101 cm³/mol. The molecule has 0 spiro atoms. The molecule has 1 N–H and O–H groups in total. The number of nitriles is 1. The van der Waals surface area contributed by atoms with E-state index in [0.29, 0.717) is 16.3 Å². The Hall–Kier alpha value is -1.99. The minimum atomic E-state index is -0.585. The summed E-state index contributed by atoms with van der Waals surface area (Å²) in [5, 5.41) is 12.7. The van der Waals surface area contributed by atoms with Gasteiger partial charge >= 0.3 is 0 Å². The van der Waals surface area contributed by atoms with Crippen molar-refractivity contribution in [3.05, 3.63) is 74.4 Å². The highest BCUT2D eigenvalue weighted by molar-refractivity contribution is 6.44. The van der Waals surface area contributed by atoms with Crippen LogP contribution < -0.4 is 5.32 Å². The lowest BCUT2D eigenvalue weighted by molar-refractivity contribution is -0.116. The van der Waals surface area contributed by atoms with Gasteiger partial charge in [-0.15, -0.1) is 0 Å². The Morgan fingerprint density at radius 2 is 1.92 bits per heavy atom. The summed E-state index contributed by atoms with van der Waals surface area (Å²) in [5.74, 6) is -0.585. The van der Waals surface area contributed by atoms with Crippen LogP contribution in [0, 0.1) is 11.3 Å². The lowest BCUT2D eigenvalue weighted by Gasteiger charge is -2.06. The average molecular weight is 382 g/mol. The van der Waals surface area contributed by atoms with Crippen LogP contribution in [-0.2, 0) is 4.79 Å². The van der Waals surface area contributed by atoms with Crippen molar-refractivity contribution >= 4 is 46.8 Å². The average Bonchev–Trinajstić information content (AvgIpc) is 2.52. The molecule has 0 saturated heterocycles. The molecular weight excluding hydrogens is 367 g/mol. The molecule has 124 valence electrons. The topological polar surface area (TPSA) is 52.9 Å². The highest BCUT2D eigenvalue weighted by Gasteiger charge is 2.12. The second kappa shape index (κ2) is 9.34. The van der Waals surface area contributed by atoms with Gasteiger partial charge in [-0.1, -0.05) is 53.0 Å². The number of amides is 1. The van der Waals surface area contributed by atoms with Crippen molar-refractivity contribution in [1.82, 2.24) is 5.32 Å². The Bertz CT molecular complexity index is 795. The molecule has 0 heterocycles. The second-order valence-electron chi connectivity index (χ2n) is 4.98. The van der Waals surface area contributed by atoms with E-state index >= 15 is 0 Å². The molecule has 1 rings (SSSR count). The van der Waals surface area contributed by atoms with Gasteiger partial charge < -0.3 is 5.32 Å². The molecule has 0 aliphatic rings. The standard InChI is InChI=1S/C18H15Cl3N2O/c1-4-15(6-5-11(2)3)23-18(24)13(10-22)7-12-8-14(19)9-16(20)17(12)21/h4-9H,1H2,2-3H3,(H,23,24). The van der Waals surface area contributed by atoms with Crippen molar-refractivity contribution in [3.63, 3.8) is 0 Å². The highest BCUT2D eigenvalue weighted by atomic mass is 35.5. The quantitative estimate of drug-likeness (QED) is 0.307. The molecule has 3 nitrogen and oxygen atoms in total. The summed E-state index contributed by atoms with van der Waals surface area (Å²) >= 11 is 17.9. The molecule has 6 heteroatoms. The molecule has 0 radical (unpaired) electrons. The largest absolute Gasteiger partial charge is 0.321 e. The third kappa shape index (κ3) is 5.90. The summed E-state index contributed by atoms with van der Waals surface area (Å²) in [4.78, 5) is 12.3. The maximum atomic E-state index is 12.3. The molecule has 24 heavy (non-hydrogen) atoms. The number of nitrogens with one attached hydrogen (secondary N) is 1. The van der Waals surface area contributed by atoms with Crippen LogP contribution in [0.1, 0.15) is 19.4 Å². The van der Waals surface area contributed by atoms with Crippen LogP contribution in [0.4, 0.5) is 0 Å². The van der Waals surface area contributed by atoms with E-state index in [4.69, 9.17) is 34.8 Å². The summed E-state index contributed by atoms with van der Waals surface area (Å²) in [6.45, 7) is 7.47. The van der Waals surface area contributed by atoms with Crippen LogP contribution >= 0.6 is 34.8 Å². The Labute approximate surface area is 156 Å². The highest BCUT2D eigenvalue weighted by Crippen LogP contribution is 2.31. The molecule has 1 aromatic carbocycles. The van der Waals surface area contributed by atoms with Gasteiger partial charge in [0, 0.05) is 10.7 Å². The number of rotatable bonds is 5. The number of carbonyl (C=O) groups excluding carboxylic acids is 1. The summed E-state index contributed by atoms with van der Waals surface area (Å²) in [5.41, 5.74) is 1.77. The maximum Gasteiger partial charge on any atom is 0.266 e. The molecule has 0 fully saturated rings. The van der Waals surface area contributed by atoms with E-state index in [1.54, 1.807) is 6.08 Å². The van der Waals surface area contributed by atoms with Gasteiger partial charge in [0.25, 0.3) is 5.91 Å². The van der Waals surface area contributed by atoms with Crippen LogP contribution in [0.5, 0.6) is 0 Å². The predicted octanol–water partition coefficient (Wildman–Crippen LogP) is 5.71. The molecule has 0 aromatic heterocycles. The fourth-order valence-corrected chi connectivity index (χ4v) is 2.27. The zero-order valence-electron chi connectivity index (χ0n) is 13.2. The maximum absolute atomic E-state index is 12.3. The minimum Gasteiger partial charge on any atom is -0.321 e. The van der Waals surface area contributed by atoms with Crippen LogP contribution in [-0.4, -0.2) is 5.91 Å². The minimum absolute atomic E-state index is 0.139. The Balaban J connectivity index is 3.16. The van der Waals surface area contributed by atoms with Gasteiger partial charge in [-0.25, -0.2) is 0 Å². The fraction of sp³-hybridized carbons (Fsp3) is 0.111. The smallest absolute Gasteiger partial charge is 0.266 e. The first-order valence-corrected chi connectivity index (χ1v) is 7.97. The van der Waals surface area contributed by atoms with Crippen LogP contribution in [0.2, 0.25) is 15.1 Å². The van der Waals surface area contributed by atoms with Crippen molar-refractivity contribution in [1.29, 1.82) is 5.26 Å². The van der Waals surface area contributed by atoms with Gasteiger partial charge in [0.2, 0.25) is 0 Å².